The summed E-state index contributed by atoms with van der Waals surface area (Å²) >= 11 is 0. The van der Waals surface area contributed by atoms with Crippen LogP contribution in [0.2, 0.25) is 0 Å². The lowest BCUT2D eigenvalue weighted by Crippen LogP contribution is -1.88. The summed E-state index contributed by atoms with van der Waals surface area (Å²) in [4.78, 5) is 0. The molecule has 0 fully saturated rings. The molecular weight excluding hydrogens is 216 g/mol. The molecule has 0 aliphatic heterocycles. The normalized spacial score (nSPS) is 10.5. The van der Waals surface area contributed by atoms with Crippen molar-refractivity contribution in [3.8, 4) is 28.4 Å². The molecule has 0 spiro atoms. The lowest BCUT2D eigenvalue weighted by molar-refractivity contribution is 0.442. The summed E-state index contributed by atoms with van der Waals surface area (Å²) < 4.78 is 0. The minimum atomic E-state index is 0.00370. The van der Waals surface area contributed by atoms with Crippen LogP contribution in [0.25, 0.3) is 11.1 Å². The van der Waals surface area contributed by atoms with Crippen LogP contribution in [0.15, 0.2) is 30.3 Å². The first kappa shape index (κ1) is 11.3. The highest BCUT2D eigenvalue weighted by atomic mass is 16.3. The van der Waals surface area contributed by atoms with Crippen LogP contribution in [-0.4, -0.2) is 15.3 Å². The molecule has 0 saturated heterocycles. The molecular formula is C14H14O3. The number of phenolic OH excluding ortho intramolecular Hbond substituents is 3. The lowest BCUT2D eigenvalue weighted by atomic mass is 9.95. The highest BCUT2D eigenvalue weighted by Crippen LogP contribution is 2.42. The fourth-order valence-electron chi connectivity index (χ4n) is 1.91. The summed E-state index contributed by atoms with van der Waals surface area (Å²) in [5.41, 5.74) is 2.24. The SMILES string of the molecule is Cc1cc(O)c(C)c(O)c1-c1ccccc1O. The fourth-order valence-corrected chi connectivity index (χ4v) is 1.91. The first-order valence-corrected chi connectivity index (χ1v) is 5.33. The number of rotatable bonds is 1. The standard InChI is InChI=1S/C14H14O3/c1-8-7-12(16)9(2)14(17)13(8)10-5-3-4-6-11(10)15/h3-7,15-17H,1-2H3. The van der Waals surface area contributed by atoms with Crippen molar-refractivity contribution in [1.29, 1.82) is 0 Å². The van der Waals surface area contributed by atoms with Gasteiger partial charge in [-0.05, 0) is 31.5 Å². The van der Waals surface area contributed by atoms with Crippen molar-refractivity contribution in [2.75, 3.05) is 0 Å². The molecule has 0 bridgehead atoms. The number of aromatic hydroxyl groups is 3. The number of para-hydroxylation sites is 1. The summed E-state index contributed by atoms with van der Waals surface area (Å²) in [6.45, 7) is 3.41. The molecule has 0 saturated carbocycles. The third-order valence-corrected chi connectivity index (χ3v) is 2.90. The molecule has 3 nitrogen and oxygen atoms in total. The number of benzene rings is 2. The number of hydrogen-bond acceptors (Lipinski definition) is 3. The van der Waals surface area contributed by atoms with E-state index >= 15 is 0 Å². The number of phenols is 3. The van der Waals surface area contributed by atoms with Crippen molar-refractivity contribution in [3.63, 3.8) is 0 Å². The van der Waals surface area contributed by atoms with E-state index in [1.165, 1.54) is 0 Å². The van der Waals surface area contributed by atoms with Gasteiger partial charge in [-0.2, -0.15) is 0 Å². The topological polar surface area (TPSA) is 60.7 Å². The van der Waals surface area contributed by atoms with E-state index in [4.69, 9.17) is 0 Å². The van der Waals surface area contributed by atoms with Crippen LogP contribution in [0, 0.1) is 13.8 Å². The Bertz CT molecular complexity index is 574. The van der Waals surface area contributed by atoms with Gasteiger partial charge in [0.05, 0.1) is 0 Å². The second-order valence-electron chi connectivity index (χ2n) is 4.08. The van der Waals surface area contributed by atoms with Crippen molar-refractivity contribution in [3.05, 3.63) is 41.5 Å². The molecule has 0 amide bonds. The molecule has 0 unspecified atom stereocenters. The summed E-state index contributed by atoms with van der Waals surface area (Å²) in [5.74, 6) is 0.166. The Labute approximate surface area is 99.6 Å². The zero-order valence-corrected chi connectivity index (χ0v) is 9.73. The first-order chi connectivity index (χ1) is 8.02. The Morgan fingerprint density at radius 2 is 1.53 bits per heavy atom. The van der Waals surface area contributed by atoms with Crippen LogP contribution in [0.3, 0.4) is 0 Å². The Morgan fingerprint density at radius 3 is 2.18 bits per heavy atom. The van der Waals surface area contributed by atoms with Crippen molar-refractivity contribution in [2.45, 2.75) is 13.8 Å². The van der Waals surface area contributed by atoms with Gasteiger partial charge < -0.3 is 15.3 Å². The molecule has 3 heteroatoms. The Morgan fingerprint density at radius 1 is 0.882 bits per heavy atom. The average Bonchev–Trinajstić information content (AvgIpc) is 2.29. The largest absolute Gasteiger partial charge is 0.508 e. The molecule has 0 heterocycles. The Hall–Kier alpha value is -2.16. The number of aryl methyl sites for hydroxylation is 1. The molecule has 0 aliphatic rings. The molecule has 0 atom stereocenters. The van der Waals surface area contributed by atoms with Gasteiger partial charge in [-0.25, -0.2) is 0 Å². The Balaban J connectivity index is 2.77. The first-order valence-electron chi connectivity index (χ1n) is 5.33. The summed E-state index contributed by atoms with van der Waals surface area (Å²) in [7, 11) is 0. The Kier molecular flexibility index (Phi) is 2.68. The second-order valence-corrected chi connectivity index (χ2v) is 4.08. The van der Waals surface area contributed by atoms with Crippen molar-refractivity contribution >= 4 is 0 Å². The maximum absolute atomic E-state index is 10.1. The predicted octanol–water partition coefficient (Wildman–Crippen LogP) is 3.09. The average molecular weight is 230 g/mol. The summed E-state index contributed by atoms with van der Waals surface area (Å²) in [6, 6.07) is 8.38. The minimum absolute atomic E-state index is 0.00370. The molecule has 88 valence electrons. The van der Waals surface area contributed by atoms with E-state index in [-0.39, 0.29) is 17.2 Å². The monoisotopic (exact) mass is 230 g/mol. The summed E-state index contributed by atoms with van der Waals surface area (Å²) in [5, 5.41) is 29.5. The summed E-state index contributed by atoms with van der Waals surface area (Å²) in [6.07, 6.45) is 0. The quantitative estimate of drug-likeness (QED) is 0.705. The van der Waals surface area contributed by atoms with Gasteiger partial charge in [0.25, 0.3) is 0 Å². The van der Waals surface area contributed by atoms with Gasteiger partial charge in [0.15, 0.2) is 0 Å². The van der Waals surface area contributed by atoms with Crippen LogP contribution in [-0.2, 0) is 0 Å². The van der Waals surface area contributed by atoms with Gasteiger partial charge in [0, 0.05) is 16.7 Å². The van der Waals surface area contributed by atoms with Crippen LogP contribution >= 0.6 is 0 Å². The van der Waals surface area contributed by atoms with E-state index in [0.29, 0.717) is 22.3 Å². The van der Waals surface area contributed by atoms with Gasteiger partial charge in [0.2, 0.25) is 0 Å². The van der Waals surface area contributed by atoms with Crippen LogP contribution in [0.1, 0.15) is 11.1 Å². The highest BCUT2D eigenvalue weighted by molar-refractivity contribution is 5.80. The van der Waals surface area contributed by atoms with Gasteiger partial charge in [-0.3, -0.25) is 0 Å². The van der Waals surface area contributed by atoms with Crippen molar-refractivity contribution in [1.82, 2.24) is 0 Å². The van der Waals surface area contributed by atoms with Crippen LogP contribution in [0.5, 0.6) is 17.2 Å². The van der Waals surface area contributed by atoms with E-state index < -0.39 is 0 Å². The molecule has 0 aromatic heterocycles. The van der Waals surface area contributed by atoms with Gasteiger partial charge in [-0.1, -0.05) is 18.2 Å². The van der Waals surface area contributed by atoms with E-state index in [0.717, 1.165) is 0 Å². The molecule has 2 rings (SSSR count). The van der Waals surface area contributed by atoms with Gasteiger partial charge >= 0.3 is 0 Å². The predicted molar refractivity (Wildman–Crippen MR) is 66.3 cm³/mol. The molecule has 2 aromatic carbocycles. The van der Waals surface area contributed by atoms with E-state index in [2.05, 4.69) is 0 Å². The third-order valence-electron chi connectivity index (χ3n) is 2.90. The zero-order chi connectivity index (χ0) is 12.6. The van der Waals surface area contributed by atoms with E-state index in [1.807, 2.05) is 0 Å². The maximum atomic E-state index is 10.1. The molecule has 0 aliphatic carbocycles. The lowest BCUT2D eigenvalue weighted by Gasteiger charge is -2.13. The molecule has 3 N–H and O–H groups in total. The van der Waals surface area contributed by atoms with Crippen LogP contribution < -0.4 is 0 Å². The number of hydrogen-bond donors (Lipinski definition) is 3. The second kappa shape index (κ2) is 4.01. The van der Waals surface area contributed by atoms with Gasteiger partial charge in [-0.15, -0.1) is 0 Å². The minimum Gasteiger partial charge on any atom is -0.508 e. The van der Waals surface area contributed by atoms with E-state index in [1.54, 1.807) is 44.2 Å². The maximum Gasteiger partial charge on any atom is 0.130 e. The van der Waals surface area contributed by atoms with E-state index in [9.17, 15) is 15.3 Å². The molecule has 17 heavy (non-hydrogen) atoms. The van der Waals surface area contributed by atoms with Crippen molar-refractivity contribution < 1.29 is 15.3 Å². The van der Waals surface area contributed by atoms with Crippen LogP contribution in [0.4, 0.5) is 0 Å². The highest BCUT2D eigenvalue weighted by Gasteiger charge is 2.16. The molecule has 0 radical (unpaired) electrons. The molecule has 2 aromatic rings. The zero-order valence-electron chi connectivity index (χ0n) is 9.73. The van der Waals surface area contributed by atoms with Crippen molar-refractivity contribution in [2.24, 2.45) is 0 Å². The smallest absolute Gasteiger partial charge is 0.130 e. The fraction of sp³-hybridized carbons (Fsp3) is 0.143. The van der Waals surface area contributed by atoms with Gasteiger partial charge in [0.1, 0.15) is 17.2 Å². The third kappa shape index (κ3) is 1.80.